The number of aromatic nitrogens is 3. The molecule has 0 atom stereocenters. The predicted octanol–water partition coefficient (Wildman–Crippen LogP) is 3.41. The van der Waals surface area contributed by atoms with Crippen LogP contribution in [0.2, 0.25) is 10.0 Å². The van der Waals surface area contributed by atoms with E-state index in [0.717, 1.165) is 5.69 Å². The van der Waals surface area contributed by atoms with Gasteiger partial charge in [-0.2, -0.15) is 0 Å². The summed E-state index contributed by atoms with van der Waals surface area (Å²) in [6, 6.07) is 12.4. The zero-order valence-corrected chi connectivity index (χ0v) is 13.2. The fourth-order valence-corrected chi connectivity index (χ4v) is 2.41. The highest BCUT2D eigenvalue weighted by Gasteiger charge is 2.13. The minimum Gasteiger partial charge on any atom is -0.396 e. The highest BCUT2D eigenvalue weighted by atomic mass is 35.5. The number of benzene rings is 2. The number of para-hydroxylation sites is 1. The molecule has 1 aromatic heterocycles. The summed E-state index contributed by atoms with van der Waals surface area (Å²) in [7, 11) is 0. The Morgan fingerprint density at radius 3 is 2.43 bits per heavy atom. The lowest BCUT2D eigenvalue weighted by Gasteiger charge is -2.07. The van der Waals surface area contributed by atoms with Crippen molar-refractivity contribution >= 4 is 40.5 Å². The molecule has 6 nitrogen and oxygen atoms in total. The first-order valence-electron chi connectivity index (χ1n) is 6.58. The molecular formula is C15H11Cl2N5O. The maximum absolute atomic E-state index is 12.2. The van der Waals surface area contributed by atoms with E-state index in [9.17, 15) is 4.79 Å². The largest absolute Gasteiger partial charge is 0.396 e. The van der Waals surface area contributed by atoms with Gasteiger partial charge in [-0.1, -0.05) is 46.6 Å². The lowest BCUT2D eigenvalue weighted by molar-refractivity contribution is 0.102. The minimum atomic E-state index is -0.427. The molecule has 116 valence electrons. The van der Waals surface area contributed by atoms with Gasteiger partial charge in [0.1, 0.15) is 0 Å². The van der Waals surface area contributed by atoms with Gasteiger partial charge in [0.05, 0.1) is 27.6 Å². The van der Waals surface area contributed by atoms with E-state index < -0.39 is 5.91 Å². The Balaban J connectivity index is 1.81. The molecule has 0 aliphatic rings. The molecule has 3 rings (SSSR count). The van der Waals surface area contributed by atoms with Crippen molar-refractivity contribution in [3.63, 3.8) is 0 Å². The molecule has 0 aliphatic heterocycles. The van der Waals surface area contributed by atoms with Gasteiger partial charge in [-0.15, -0.1) is 5.10 Å². The molecule has 0 unspecified atom stereocenters. The third kappa shape index (κ3) is 3.28. The van der Waals surface area contributed by atoms with Crippen LogP contribution in [0.4, 0.5) is 11.4 Å². The van der Waals surface area contributed by atoms with Gasteiger partial charge >= 0.3 is 0 Å². The number of amides is 1. The molecule has 23 heavy (non-hydrogen) atoms. The Kier molecular flexibility index (Phi) is 4.18. The van der Waals surface area contributed by atoms with Crippen molar-refractivity contribution in [3.8, 4) is 5.69 Å². The summed E-state index contributed by atoms with van der Waals surface area (Å²) in [5.74, 6) is -0.427. The Morgan fingerprint density at radius 1 is 1.13 bits per heavy atom. The maximum atomic E-state index is 12.2. The van der Waals surface area contributed by atoms with Crippen LogP contribution in [-0.2, 0) is 0 Å². The van der Waals surface area contributed by atoms with Crippen molar-refractivity contribution in [2.45, 2.75) is 0 Å². The molecule has 3 aromatic rings. The van der Waals surface area contributed by atoms with E-state index in [1.54, 1.807) is 0 Å². The SMILES string of the molecule is Nc1c(Cl)cc(NC(=O)c2cn(-c3ccccc3)nn2)cc1Cl. The van der Waals surface area contributed by atoms with E-state index in [1.165, 1.54) is 23.0 Å². The van der Waals surface area contributed by atoms with Gasteiger partial charge in [0.2, 0.25) is 0 Å². The topological polar surface area (TPSA) is 85.8 Å². The molecular weight excluding hydrogens is 337 g/mol. The molecule has 2 aromatic carbocycles. The number of rotatable bonds is 3. The van der Waals surface area contributed by atoms with Crippen molar-refractivity contribution in [2.75, 3.05) is 11.1 Å². The number of nitrogens with two attached hydrogens (primary N) is 1. The number of anilines is 2. The number of carbonyl (C=O) groups is 1. The highest BCUT2D eigenvalue weighted by molar-refractivity contribution is 6.39. The van der Waals surface area contributed by atoms with E-state index in [2.05, 4.69) is 15.6 Å². The zero-order chi connectivity index (χ0) is 16.4. The lowest BCUT2D eigenvalue weighted by Crippen LogP contribution is -2.12. The quantitative estimate of drug-likeness (QED) is 0.711. The standard InChI is InChI=1S/C15H11Cl2N5O/c16-11-6-9(7-12(17)14(11)18)19-15(23)13-8-22(21-20-13)10-4-2-1-3-5-10/h1-8H,18H2,(H,19,23). The number of nitrogens with one attached hydrogen (secondary N) is 1. The van der Waals surface area contributed by atoms with Gasteiger partial charge in [0.25, 0.3) is 5.91 Å². The van der Waals surface area contributed by atoms with Crippen LogP contribution >= 0.6 is 23.2 Å². The van der Waals surface area contributed by atoms with E-state index in [0.29, 0.717) is 5.69 Å². The molecule has 8 heteroatoms. The van der Waals surface area contributed by atoms with Gasteiger partial charge < -0.3 is 11.1 Å². The summed E-state index contributed by atoms with van der Waals surface area (Å²) >= 11 is 11.9. The number of carbonyl (C=O) groups excluding carboxylic acids is 1. The Hall–Kier alpha value is -2.57. The third-order valence-electron chi connectivity index (χ3n) is 3.08. The summed E-state index contributed by atoms with van der Waals surface area (Å²) in [4.78, 5) is 12.2. The highest BCUT2D eigenvalue weighted by Crippen LogP contribution is 2.31. The smallest absolute Gasteiger partial charge is 0.277 e. The van der Waals surface area contributed by atoms with Crippen molar-refractivity contribution in [1.29, 1.82) is 0 Å². The molecule has 0 fully saturated rings. The number of nitrogens with zero attached hydrogens (tertiary/aromatic N) is 3. The molecule has 0 saturated carbocycles. The van der Waals surface area contributed by atoms with Crippen molar-refractivity contribution in [2.24, 2.45) is 0 Å². The minimum absolute atomic E-state index is 0.165. The lowest BCUT2D eigenvalue weighted by atomic mass is 10.2. The maximum Gasteiger partial charge on any atom is 0.277 e. The van der Waals surface area contributed by atoms with Crippen molar-refractivity contribution in [1.82, 2.24) is 15.0 Å². The molecule has 3 N–H and O–H groups in total. The van der Waals surface area contributed by atoms with Crippen LogP contribution in [0.25, 0.3) is 5.69 Å². The Bertz CT molecular complexity index is 840. The number of halogens is 2. The molecule has 0 radical (unpaired) electrons. The molecule has 0 spiro atoms. The Labute approximate surface area is 141 Å². The average Bonchev–Trinajstić information content (AvgIpc) is 3.03. The fraction of sp³-hybridized carbons (Fsp3) is 0. The predicted molar refractivity (Wildman–Crippen MR) is 90.2 cm³/mol. The van der Waals surface area contributed by atoms with Crippen LogP contribution < -0.4 is 11.1 Å². The van der Waals surface area contributed by atoms with Crippen LogP contribution in [0.1, 0.15) is 10.5 Å². The number of hydrogen-bond donors (Lipinski definition) is 2. The third-order valence-corrected chi connectivity index (χ3v) is 3.71. The number of hydrogen-bond acceptors (Lipinski definition) is 4. The second-order valence-electron chi connectivity index (χ2n) is 4.69. The van der Waals surface area contributed by atoms with E-state index in [1.807, 2.05) is 30.3 Å². The monoisotopic (exact) mass is 347 g/mol. The van der Waals surface area contributed by atoms with E-state index in [4.69, 9.17) is 28.9 Å². The van der Waals surface area contributed by atoms with Gasteiger partial charge in [-0.3, -0.25) is 4.79 Å². The molecule has 0 aliphatic carbocycles. The van der Waals surface area contributed by atoms with Crippen LogP contribution in [0.3, 0.4) is 0 Å². The van der Waals surface area contributed by atoms with Gasteiger partial charge in [-0.25, -0.2) is 4.68 Å². The van der Waals surface area contributed by atoms with Crippen LogP contribution in [0, 0.1) is 0 Å². The summed E-state index contributed by atoms with van der Waals surface area (Å²) < 4.78 is 1.51. The summed E-state index contributed by atoms with van der Waals surface area (Å²) in [6.45, 7) is 0. The van der Waals surface area contributed by atoms with E-state index >= 15 is 0 Å². The summed E-state index contributed by atoms with van der Waals surface area (Å²) in [6.07, 6.45) is 1.53. The van der Waals surface area contributed by atoms with Gasteiger partial charge in [0, 0.05) is 5.69 Å². The normalized spacial score (nSPS) is 10.5. The Morgan fingerprint density at radius 2 is 1.78 bits per heavy atom. The first-order valence-corrected chi connectivity index (χ1v) is 7.34. The van der Waals surface area contributed by atoms with Crippen molar-refractivity contribution < 1.29 is 4.79 Å². The summed E-state index contributed by atoms with van der Waals surface area (Å²) in [5, 5.41) is 11.0. The zero-order valence-electron chi connectivity index (χ0n) is 11.7. The molecule has 1 heterocycles. The molecule has 0 saturated heterocycles. The van der Waals surface area contributed by atoms with Crippen LogP contribution in [-0.4, -0.2) is 20.9 Å². The second-order valence-corrected chi connectivity index (χ2v) is 5.51. The van der Waals surface area contributed by atoms with Gasteiger partial charge in [0.15, 0.2) is 5.69 Å². The van der Waals surface area contributed by atoms with E-state index in [-0.39, 0.29) is 21.4 Å². The molecule has 0 bridgehead atoms. The van der Waals surface area contributed by atoms with Crippen molar-refractivity contribution in [3.05, 3.63) is 64.4 Å². The van der Waals surface area contributed by atoms with Gasteiger partial charge in [-0.05, 0) is 24.3 Å². The first kappa shape index (κ1) is 15.3. The van der Waals surface area contributed by atoms with Crippen LogP contribution in [0.5, 0.6) is 0 Å². The number of nitrogen functional groups attached to an aromatic ring is 1. The molecule has 1 amide bonds. The summed E-state index contributed by atoms with van der Waals surface area (Å²) in [5.41, 5.74) is 7.32. The van der Waals surface area contributed by atoms with Crippen LogP contribution in [0.15, 0.2) is 48.7 Å². The first-order chi connectivity index (χ1) is 11.0. The average molecular weight is 348 g/mol. The fourth-order valence-electron chi connectivity index (χ4n) is 1.93. The second kappa shape index (κ2) is 6.28.